The quantitative estimate of drug-likeness (QED) is 0.727. The zero-order valence-corrected chi connectivity index (χ0v) is 15.3. The fourth-order valence-electron chi connectivity index (χ4n) is 2.79. The number of nitrogens with one attached hydrogen (secondary N) is 2. The molecule has 9 heteroatoms. The zero-order chi connectivity index (χ0) is 19.1. The van der Waals surface area contributed by atoms with Crippen molar-refractivity contribution in [1.29, 1.82) is 5.26 Å². The molecule has 0 amide bonds. The van der Waals surface area contributed by atoms with Gasteiger partial charge in [-0.2, -0.15) is 5.26 Å². The maximum absolute atomic E-state index is 12.9. The Morgan fingerprint density at radius 2 is 2.08 bits per heavy atom. The van der Waals surface area contributed by atoms with Gasteiger partial charge in [-0.25, -0.2) is 17.9 Å². The number of benzene rings is 1. The molecule has 8 nitrogen and oxygen atoms in total. The summed E-state index contributed by atoms with van der Waals surface area (Å²) in [5, 5.41) is 12.0. The second-order valence-electron chi connectivity index (χ2n) is 6.25. The van der Waals surface area contributed by atoms with Crippen LogP contribution in [0.1, 0.15) is 30.9 Å². The first kappa shape index (κ1) is 17.7. The van der Waals surface area contributed by atoms with Crippen LogP contribution in [0.5, 0.6) is 0 Å². The van der Waals surface area contributed by atoms with Gasteiger partial charge in [0, 0.05) is 23.0 Å². The first-order valence-electron chi connectivity index (χ1n) is 7.83. The highest BCUT2D eigenvalue weighted by atomic mass is 32.2. The molecular weight excluding hydrogens is 354 g/mol. The number of aromatic amines is 1. The number of hydrogen-bond donors (Lipinski definition) is 2. The van der Waals surface area contributed by atoms with Crippen LogP contribution in [0.3, 0.4) is 0 Å². The Bertz CT molecular complexity index is 1200. The van der Waals surface area contributed by atoms with Gasteiger partial charge in [-0.05, 0) is 18.1 Å². The highest BCUT2D eigenvalue weighted by molar-refractivity contribution is 7.92. The molecule has 2 aromatic heterocycles. The fourth-order valence-corrected chi connectivity index (χ4v) is 3.35. The fraction of sp³-hybridized carbons (Fsp3) is 0.235. The first-order valence-corrected chi connectivity index (χ1v) is 9.72. The van der Waals surface area contributed by atoms with E-state index in [9.17, 15) is 18.5 Å². The Morgan fingerprint density at radius 1 is 1.35 bits per heavy atom. The maximum Gasteiger partial charge on any atom is 0.276 e. The Kier molecular flexibility index (Phi) is 4.29. The van der Waals surface area contributed by atoms with Crippen LogP contribution >= 0.6 is 0 Å². The number of hydrogen-bond acceptors (Lipinski definition) is 5. The van der Waals surface area contributed by atoms with Crippen LogP contribution in [0.4, 0.5) is 5.69 Å². The molecule has 0 aliphatic rings. The molecule has 0 bridgehead atoms. The predicted molar refractivity (Wildman–Crippen MR) is 98.5 cm³/mol. The lowest BCUT2D eigenvalue weighted by Crippen LogP contribution is -2.22. The monoisotopic (exact) mass is 371 g/mol. The van der Waals surface area contributed by atoms with E-state index in [1.165, 1.54) is 10.7 Å². The minimum atomic E-state index is -3.43. The van der Waals surface area contributed by atoms with E-state index in [4.69, 9.17) is 0 Å². The molecular formula is C17H17N5O3S. The van der Waals surface area contributed by atoms with E-state index in [0.717, 1.165) is 6.26 Å². The van der Waals surface area contributed by atoms with E-state index in [-0.39, 0.29) is 22.7 Å². The maximum atomic E-state index is 12.9. The number of anilines is 1. The SMILES string of the molecule is CC(C)c1c(-c2cccc(NS(C)(=O)=O)c2)nc2c(C#N)c[nH]n2c1=O. The number of rotatable bonds is 4. The molecule has 0 aliphatic carbocycles. The van der Waals surface area contributed by atoms with Gasteiger partial charge in [0.25, 0.3) is 5.56 Å². The van der Waals surface area contributed by atoms with Gasteiger partial charge in [0.05, 0.1) is 11.9 Å². The normalized spacial score (nSPS) is 11.7. The van der Waals surface area contributed by atoms with Crippen LogP contribution < -0.4 is 10.3 Å². The molecule has 0 atom stereocenters. The van der Waals surface area contributed by atoms with Crippen molar-refractivity contribution in [3.63, 3.8) is 0 Å². The second kappa shape index (κ2) is 6.31. The van der Waals surface area contributed by atoms with E-state index in [1.807, 2.05) is 19.9 Å². The summed E-state index contributed by atoms with van der Waals surface area (Å²) < 4.78 is 26.6. The van der Waals surface area contributed by atoms with Gasteiger partial charge in [0.15, 0.2) is 5.65 Å². The molecule has 1 aromatic carbocycles. The Morgan fingerprint density at radius 3 is 2.69 bits per heavy atom. The summed E-state index contributed by atoms with van der Waals surface area (Å²) in [5.41, 5.74) is 2.07. The van der Waals surface area contributed by atoms with Crippen molar-refractivity contribution in [3.8, 4) is 17.3 Å². The van der Waals surface area contributed by atoms with Crippen molar-refractivity contribution < 1.29 is 8.42 Å². The number of nitriles is 1. The van der Waals surface area contributed by atoms with Crippen molar-refractivity contribution in [2.45, 2.75) is 19.8 Å². The molecule has 3 rings (SSSR count). The van der Waals surface area contributed by atoms with Gasteiger partial charge >= 0.3 is 0 Å². The largest absolute Gasteiger partial charge is 0.295 e. The van der Waals surface area contributed by atoms with E-state index in [2.05, 4.69) is 14.8 Å². The highest BCUT2D eigenvalue weighted by Gasteiger charge is 2.20. The lowest BCUT2D eigenvalue weighted by molar-refractivity contribution is 0.607. The summed E-state index contributed by atoms with van der Waals surface area (Å²) >= 11 is 0. The van der Waals surface area contributed by atoms with Gasteiger partial charge in [-0.15, -0.1) is 0 Å². The van der Waals surface area contributed by atoms with Gasteiger partial charge < -0.3 is 0 Å². The molecule has 0 fully saturated rings. The van der Waals surface area contributed by atoms with Crippen LogP contribution in [-0.4, -0.2) is 29.3 Å². The number of H-pyrrole nitrogens is 1. The first-order chi connectivity index (χ1) is 12.2. The third kappa shape index (κ3) is 3.19. The molecule has 0 unspecified atom stereocenters. The lowest BCUT2D eigenvalue weighted by atomic mass is 9.98. The number of fused-ring (bicyclic) bond motifs is 1. The highest BCUT2D eigenvalue weighted by Crippen LogP contribution is 2.28. The third-order valence-electron chi connectivity index (χ3n) is 3.83. The van der Waals surface area contributed by atoms with Crippen molar-refractivity contribution in [1.82, 2.24) is 14.6 Å². The Labute approximate surface area is 150 Å². The minimum absolute atomic E-state index is 0.123. The predicted octanol–water partition coefficient (Wildman–Crippen LogP) is 2.06. The third-order valence-corrected chi connectivity index (χ3v) is 4.44. The molecule has 134 valence electrons. The summed E-state index contributed by atoms with van der Waals surface area (Å²) in [5.74, 6) is -0.123. The molecule has 26 heavy (non-hydrogen) atoms. The van der Waals surface area contributed by atoms with E-state index in [0.29, 0.717) is 22.5 Å². The van der Waals surface area contributed by atoms with Gasteiger partial charge in [-0.3, -0.25) is 14.6 Å². The molecule has 0 saturated heterocycles. The number of nitrogens with zero attached hydrogens (tertiary/aromatic N) is 3. The molecule has 0 saturated carbocycles. The summed E-state index contributed by atoms with van der Waals surface area (Å²) in [6.45, 7) is 3.75. The van der Waals surface area contributed by atoms with Crippen LogP contribution in [0.25, 0.3) is 16.9 Å². The van der Waals surface area contributed by atoms with Crippen LogP contribution in [-0.2, 0) is 10.0 Å². The zero-order valence-electron chi connectivity index (χ0n) is 14.4. The number of sulfonamides is 1. The molecule has 3 aromatic rings. The summed E-state index contributed by atoms with van der Waals surface area (Å²) in [7, 11) is -3.43. The van der Waals surface area contributed by atoms with Gasteiger partial charge in [-0.1, -0.05) is 26.0 Å². The van der Waals surface area contributed by atoms with Crippen LogP contribution in [0.2, 0.25) is 0 Å². The summed E-state index contributed by atoms with van der Waals surface area (Å²) in [4.78, 5) is 17.4. The van der Waals surface area contributed by atoms with Gasteiger partial charge in [0.2, 0.25) is 10.0 Å². The molecule has 0 radical (unpaired) electrons. The second-order valence-corrected chi connectivity index (χ2v) is 8.00. The van der Waals surface area contributed by atoms with Crippen molar-refractivity contribution >= 4 is 21.4 Å². The lowest BCUT2D eigenvalue weighted by Gasteiger charge is -2.13. The molecule has 2 heterocycles. The topological polar surface area (TPSA) is 120 Å². The smallest absolute Gasteiger partial charge is 0.276 e. The summed E-state index contributed by atoms with van der Waals surface area (Å²) in [6, 6.07) is 8.66. The molecule has 2 N–H and O–H groups in total. The molecule has 0 spiro atoms. The minimum Gasteiger partial charge on any atom is -0.295 e. The standard InChI is InChI=1S/C17H17N5O3S/c1-10(2)14-15(11-5-4-6-13(7-11)21-26(3,24)25)20-16-12(8-18)9-19-22(16)17(14)23/h4-7,9-10,19,21H,1-3H3. The van der Waals surface area contributed by atoms with Gasteiger partial charge in [0.1, 0.15) is 11.6 Å². The van der Waals surface area contributed by atoms with Crippen LogP contribution in [0.15, 0.2) is 35.3 Å². The van der Waals surface area contributed by atoms with Crippen LogP contribution in [0, 0.1) is 11.3 Å². The van der Waals surface area contributed by atoms with Crippen molar-refractivity contribution in [2.24, 2.45) is 0 Å². The average Bonchev–Trinajstić information content (AvgIpc) is 2.96. The van der Waals surface area contributed by atoms with E-state index < -0.39 is 10.0 Å². The Balaban J connectivity index is 2.30. The average molecular weight is 371 g/mol. The van der Waals surface area contributed by atoms with E-state index >= 15 is 0 Å². The van der Waals surface area contributed by atoms with Crippen molar-refractivity contribution in [2.75, 3.05) is 11.0 Å². The van der Waals surface area contributed by atoms with E-state index in [1.54, 1.807) is 24.3 Å². The summed E-state index contributed by atoms with van der Waals surface area (Å²) in [6.07, 6.45) is 2.49. The molecule has 0 aliphatic heterocycles. The van der Waals surface area contributed by atoms with Crippen molar-refractivity contribution in [3.05, 3.63) is 51.9 Å². The Hall–Kier alpha value is -3.12. The number of aromatic nitrogens is 3.